The second-order valence-corrected chi connectivity index (χ2v) is 6.63. The van der Waals surface area contributed by atoms with Crippen molar-refractivity contribution in [3.8, 4) is 11.5 Å². The molecule has 1 amide bonds. The fraction of sp³-hybridized carbons (Fsp3) is 0.400. The van der Waals surface area contributed by atoms with E-state index in [0.717, 1.165) is 23.4 Å². The van der Waals surface area contributed by atoms with Gasteiger partial charge in [-0.05, 0) is 30.7 Å². The number of aryl methyl sites for hydroxylation is 1. The quantitative estimate of drug-likeness (QED) is 0.821. The second kappa shape index (κ2) is 7.64. The van der Waals surface area contributed by atoms with Gasteiger partial charge < -0.3 is 18.9 Å². The Labute approximate surface area is 153 Å². The molecule has 1 aliphatic heterocycles. The molecule has 1 aromatic heterocycles. The van der Waals surface area contributed by atoms with E-state index in [1.54, 1.807) is 18.7 Å². The van der Waals surface area contributed by atoms with Gasteiger partial charge in [0.2, 0.25) is 5.91 Å². The maximum Gasteiger partial charge on any atom is 0.254 e. The van der Waals surface area contributed by atoms with Gasteiger partial charge in [-0.2, -0.15) is 0 Å². The molecule has 1 atom stereocenters. The van der Waals surface area contributed by atoms with E-state index < -0.39 is 0 Å². The average Bonchev–Trinajstić information content (AvgIpc) is 3.08. The maximum atomic E-state index is 12.5. The number of amides is 1. The SMILES string of the molecule is COc1cccc(CC(=O)N2CCC(Oc3cc(C)n(C)c(=O)c3)C2)c1. The number of methoxy groups -OCH3 is 1. The zero-order chi connectivity index (χ0) is 18.7. The first-order valence-corrected chi connectivity index (χ1v) is 8.71. The molecular weight excluding hydrogens is 332 g/mol. The lowest BCUT2D eigenvalue weighted by Gasteiger charge is -2.18. The molecule has 1 unspecified atom stereocenters. The van der Waals surface area contributed by atoms with E-state index in [1.807, 2.05) is 42.2 Å². The molecule has 6 nitrogen and oxygen atoms in total. The molecule has 0 radical (unpaired) electrons. The van der Waals surface area contributed by atoms with Gasteiger partial charge >= 0.3 is 0 Å². The number of rotatable bonds is 5. The number of hydrogen-bond acceptors (Lipinski definition) is 4. The lowest BCUT2D eigenvalue weighted by molar-refractivity contribution is -0.129. The third-order valence-electron chi connectivity index (χ3n) is 4.77. The Kier molecular flexibility index (Phi) is 5.30. The van der Waals surface area contributed by atoms with Gasteiger partial charge in [-0.1, -0.05) is 12.1 Å². The molecule has 1 saturated heterocycles. The number of nitrogens with zero attached hydrogens (tertiary/aromatic N) is 2. The van der Waals surface area contributed by atoms with Gasteiger partial charge in [0.15, 0.2) is 0 Å². The van der Waals surface area contributed by atoms with Crippen LogP contribution in [0.2, 0.25) is 0 Å². The Balaban J connectivity index is 1.59. The summed E-state index contributed by atoms with van der Waals surface area (Å²) in [4.78, 5) is 26.2. The largest absolute Gasteiger partial charge is 0.497 e. The molecule has 1 aromatic carbocycles. The van der Waals surface area contributed by atoms with Gasteiger partial charge in [-0.15, -0.1) is 0 Å². The number of pyridine rings is 1. The Morgan fingerprint density at radius 3 is 2.77 bits per heavy atom. The van der Waals surface area contributed by atoms with Crippen LogP contribution in [0.1, 0.15) is 17.7 Å². The summed E-state index contributed by atoms with van der Waals surface area (Å²) in [6.07, 6.45) is 1.02. The molecule has 0 spiro atoms. The van der Waals surface area contributed by atoms with Crippen LogP contribution in [0.4, 0.5) is 0 Å². The minimum Gasteiger partial charge on any atom is -0.497 e. The fourth-order valence-corrected chi connectivity index (χ4v) is 3.12. The fourth-order valence-electron chi connectivity index (χ4n) is 3.12. The van der Waals surface area contributed by atoms with Crippen molar-refractivity contribution < 1.29 is 14.3 Å². The van der Waals surface area contributed by atoms with Crippen molar-refractivity contribution in [2.24, 2.45) is 7.05 Å². The van der Waals surface area contributed by atoms with Crippen LogP contribution in [0.3, 0.4) is 0 Å². The Morgan fingerprint density at radius 2 is 2.04 bits per heavy atom. The summed E-state index contributed by atoms with van der Waals surface area (Å²) in [6.45, 7) is 3.07. The topological polar surface area (TPSA) is 60.8 Å². The molecule has 3 rings (SSSR count). The number of ether oxygens (including phenoxy) is 2. The van der Waals surface area contributed by atoms with Crippen LogP contribution in [-0.4, -0.2) is 41.7 Å². The van der Waals surface area contributed by atoms with Crippen molar-refractivity contribution in [3.63, 3.8) is 0 Å². The second-order valence-electron chi connectivity index (χ2n) is 6.63. The molecule has 6 heteroatoms. The molecule has 2 heterocycles. The third kappa shape index (κ3) is 4.07. The van der Waals surface area contributed by atoms with E-state index in [2.05, 4.69) is 0 Å². The van der Waals surface area contributed by atoms with Crippen LogP contribution in [0.15, 0.2) is 41.2 Å². The van der Waals surface area contributed by atoms with Crippen molar-refractivity contribution in [1.29, 1.82) is 0 Å². The van der Waals surface area contributed by atoms with Gasteiger partial charge in [-0.25, -0.2) is 0 Å². The zero-order valence-corrected chi connectivity index (χ0v) is 15.4. The maximum absolute atomic E-state index is 12.5. The summed E-state index contributed by atoms with van der Waals surface area (Å²) < 4.78 is 12.7. The van der Waals surface area contributed by atoms with Crippen LogP contribution < -0.4 is 15.0 Å². The number of benzene rings is 1. The van der Waals surface area contributed by atoms with Crippen LogP contribution in [-0.2, 0) is 18.3 Å². The molecular formula is C20H24N2O4. The first kappa shape index (κ1) is 18.0. The predicted molar refractivity (Wildman–Crippen MR) is 98.7 cm³/mol. The van der Waals surface area contributed by atoms with Gasteiger partial charge in [0, 0.05) is 31.8 Å². The predicted octanol–water partition coefficient (Wildman–Crippen LogP) is 1.92. The monoisotopic (exact) mass is 356 g/mol. The summed E-state index contributed by atoms with van der Waals surface area (Å²) in [5, 5.41) is 0. The first-order valence-electron chi connectivity index (χ1n) is 8.71. The lowest BCUT2D eigenvalue weighted by atomic mass is 10.1. The van der Waals surface area contributed by atoms with Crippen molar-refractivity contribution in [2.75, 3.05) is 20.2 Å². The first-order chi connectivity index (χ1) is 12.5. The highest BCUT2D eigenvalue weighted by Crippen LogP contribution is 2.20. The Bertz CT molecular complexity index is 859. The zero-order valence-electron chi connectivity index (χ0n) is 15.4. The van der Waals surface area contributed by atoms with Crippen molar-refractivity contribution in [1.82, 2.24) is 9.47 Å². The number of carbonyl (C=O) groups excluding carboxylic acids is 1. The summed E-state index contributed by atoms with van der Waals surface area (Å²) >= 11 is 0. The van der Waals surface area contributed by atoms with Gasteiger partial charge in [-0.3, -0.25) is 9.59 Å². The van der Waals surface area contributed by atoms with E-state index in [4.69, 9.17) is 9.47 Å². The average molecular weight is 356 g/mol. The van der Waals surface area contributed by atoms with Gasteiger partial charge in [0.25, 0.3) is 5.56 Å². The minimum absolute atomic E-state index is 0.0736. The van der Waals surface area contributed by atoms with Crippen LogP contribution in [0.5, 0.6) is 11.5 Å². The Morgan fingerprint density at radius 1 is 1.23 bits per heavy atom. The van der Waals surface area contributed by atoms with Crippen LogP contribution in [0, 0.1) is 6.92 Å². The Hall–Kier alpha value is -2.76. The number of carbonyl (C=O) groups is 1. The molecule has 26 heavy (non-hydrogen) atoms. The molecule has 0 bridgehead atoms. The number of hydrogen-bond donors (Lipinski definition) is 0. The molecule has 1 fully saturated rings. The summed E-state index contributed by atoms with van der Waals surface area (Å²) in [7, 11) is 3.35. The highest BCUT2D eigenvalue weighted by Gasteiger charge is 2.27. The third-order valence-corrected chi connectivity index (χ3v) is 4.77. The number of aromatic nitrogens is 1. The molecule has 0 N–H and O–H groups in total. The normalized spacial score (nSPS) is 16.6. The molecule has 2 aromatic rings. The van der Waals surface area contributed by atoms with E-state index in [0.29, 0.717) is 25.3 Å². The van der Waals surface area contributed by atoms with E-state index in [-0.39, 0.29) is 17.6 Å². The smallest absolute Gasteiger partial charge is 0.254 e. The van der Waals surface area contributed by atoms with Crippen LogP contribution >= 0.6 is 0 Å². The summed E-state index contributed by atoms with van der Waals surface area (Å²) in [6, 6.07) is 10.9. The standard InChI is InChI=1S/C20H24N2O4/c1-14-9-18(12-19(23)21(14)2)26-17-7-8-22(13-17)20(24)11-15-5-4-6-16(10-15)25-3/h4-6,9-10,12,17H,7-8,11,13H2,1-3H3. The molecule has 0 saturated carbocycles. The molecule has 138 valence electrons. The number of likely N-dealkylation sites (tertiary alicyclic amines) is 1. The summed E-state index contributed by atoms with van der Waals surface area (Å²) in [5.41, 5.74) is 1.68. The highest BCUT2D eigenvalue weighted by atomic mass is 16.5. The lowest BCUT2D eigenvalue weighted by Crippen LogP contribution is -2.32. The van der Waals surface area contributed by atoms with E-state index in [1.165, 1.54) is 6.07 Å². The minimum atomic E-state index is -0.0936. The molecule has 0 aliphatic carbocycles. The van der Waals surface area contributed by atoms with Gasteiger partial charge in [0.1, 0.15) is 17.6 Å². The summed E-state index contributed by atoms with van der Waals surface area (Å²) in [5.74, 6) is 1.39. The van der Waals surface area contributed by atoms with E-state index >= 15 is 0 Å². The highest BCUT2D eigenvalue weighted by molar-refractivity contribution is 5.79. The van der Waals surface area contributed by atoms with Gasteiger partial charge in [0.05, 0.1) is 20.1 Å². The van der Waals surface area contributed by atoms with E-state index in [9.17, 15) is 9.59 Å². The van der Waals surface area contributed by atoms with Crippen molar-refractivity contribution in [3.05, 3.63) is 58.0 Å². The van der Waals surface area contributed by atoms with Crippen molar-refractivity contribution >= 4 is 5.91 Å². The molecule has 1 aliphatic rings. The van der Waals surface area contributed by atoms with Crippen molar-refractivity contribution in [2.45, 2.75) is 25.9 Å². The van der Waals surface area contributed by atoms with Crippen LogP contribution in [0.25, 0.3) is 0 Å².